The van der Waals surface area contributed by atoms with Gasteiger partial charge in [0.2, 0.25) is 0 Å². The molecule has 0 fully saturated rings. The first kappa shape index (κ1) is 20.8. The molecule has 0 aliphatic heterocycles. The van der Waals surface area contributed by atoms with Crippen molar-refractivity contribution in [1.82, 2.24) is 0 Å². The summed E-state index contributed by atoms with van der Waals surface area (Å²) in [4.78, 5) is 10.9. The first-order valence-electron chi connectivity index (χ1n) is 8.53. The molecule has 0 spiro atoms. The zero-order valence-corrected chi connectivity index (χ0v) is 14.8. The fourth-order valence-corrected chi connectivity index (χ4v) is 3.25. The first-order valence-corrected chi connectivity index (χ1v) is 9.68. The monoisotopic (exact) mass is 318 g/mol. The number of unbranched alkanes of at least 4 members (excludes halogenated alkanes) is 6. The van der Waals surface area contributed by atoms with Gasteiger partial charge in [-0.25, -0.2) is 0 Å². The number of thioether (sulfide) groups is 1. The van der Waals surface area contributed by atoms with Crippen LogP contribution in [0.4, 0.5) is 0 Å². The van der Waals surface area contributed by atoms with Gasteiger partial charge in [0.1, 0.15) is 0 Å². The molecule has 0 aromatic carbocycles. The van der Waals surface area contributed by atoms with Gasteiger partial charge in [-0.2, -0.15) is 11.8 Å². The molecule has 0 aliphatic carbocycles. The van der Waals surface area contributed by atoms with Gasteiger partial charge >= 0.3 is 5.97 Å². The molecule has 4 heteroatoms. The fourth-order valence-electron chi connectivity index (χ4n) is 2.20. The minimum Gasteiger partial charge on any atom is -0.469 e. The molecule has 0 aromatic heterocycles. The van der Waals surface area contributed by atoms with E-state index in [2.05, 4.69) is 11.7 Å². The molecule has 0 bridgehead atoms. The zero-order valence-electron chi connectivity index (χ0n) is 13.9. The molecule has 1 atom stereocenters. The average Bonchev–Trinajstić information content (AvgIpc) is 2.49. The Kier molecular flexibility index (Phi) is 16.0. The van der Waals surface area contributed by atoms with Crippen LogP contribution in [0.2, 0.25) is 0 Å². The molecule has 0 heterocycles. The summed E-state index contributed by atoms with van der Waals surface area (Å²) in [6, 6.07) is 0. The molecule has 0 radical (unpaired) electrons. The molecule has 21 heavy (non-hydrogen) atoms. The van der Waals surface area contributed by atoms with Gasteiger partial charge in [0.05, 0.1) is 13.2 Å². The lowest BCUT2D eigenvalue weighted by Crippen LogP contribution is -2.07. The number of methoxy groups -OCH3 is 1. The molecular weight excluding hydrogens is 284 g/mol. The van der Waals surface area contributed by atoms with Crippen LogP contribution in [-0.4, -0.2) is 35.8 Å². The Morgan fingerprint density at radius 3 is 2.43 bits per heavy atom. The zero-order chi connectivity index (χ0) is 15.8. The highest BCUT2D eigenvalue weighted by atomic mass is 32.2. The van der Waals surface area contributed by atoms with E-state index in [4.69, 9.17) is 0 Å². The molecule has 0 saturated carbocycles. The van der Waals surface area contributed by atoms with Crippen molar-refractivity contribution in [2.24, 2.45) is 0 Å². The van der Waals surface area contributed by atoms with E-state index < -0.39 is 0 Å². The highest BCUT2D eigenvalue weighted by Crippen LogP contribution is 2.14. The number of carbonyl (C=O) groups excluding carboxylic acids is 1. The summed E-state index contributed by atoms with van der Waals surface area (Å²) >= 11 is 1.88. The molecule has 0 aliphatic rings. The second kappa shape index (κ2) is 16.2. The lowest BCUT2D eigenvalue weighted by Gasteiger charge is -2.10. The topological polar surface area (TPSA) is 46.5 Å². The van der Waals surface area contributed by atoms with E-state index in [9.17, 15) is 9.90 Å². The van der Waals surface area contributed by atoms with Gasteiger partial charge in [-0.05, 0) is 37.2 Å². The molecule has 3 nitrogen and oxygen atoms in total. The number of rotatable bonds is 15. The van der Waals surface area contributed by atoms with Crippen molar-refractivity contribution in [1.29, 1.82) is 0 Å². The lowest BCUT2D eigenvalue weighted by atomic mass is 10.1. The molecule has 0 amide bonds. The molecule has 0 saturated heterocycles. The smallest absolute Gasteiger partial charge is 0.305 e. The number of aliphatic hydroxyl groups is 1. The number of esters is 1. The van der Waals surface area contributed by atoms with Gasteiger partial charge < -0.3 is 9.84 Å². The summed E-state index contributed by atoms with van der Waals surface area (Å²) in [5.41, 5.74) is 0. The van der Waals surface area contributed by atoms with Crippen molar-refractivity contribution in [3.8, 4) is 0 Å². The Balaban J connectivity index is 3.19. The first-order chi connectivity index (χ1) is 10.2. The SMILES string of the molecule is CCCCCCCCC(O)CCSCCCCC(=O)OC. The molecule has 1 unspecified atom stereocenters. The van der Waals surface area contributed by atoms with Crippen LogP contribution in [-0.2, 0) is 9.53 Å². The van der Waals surface area contributed by atoms with Crippen LogP contribution in [0.5, 0.6) is 0 Å². The largest absolute Gasteiger partial charge is 0.469 e. The summed E-state index contributed by atoms with van der Waals surface area (Å²) in [6.07, 6.45) is 11.9. The van der Waals surface area contributed by atoms with Crippen molar-refractivity contribution in [3.63, 3.8) is 0 Å². The van der Waals surface area contributed by atoms with E-state index in [1.165, 1.54) is 39.2 Å². The third-order valence-electron chi connectivity index (χ3n) is 3.63. The number of ether oxygens (including phenoxy) is 1. The highest BCUT2D eigenvalue weighted by Gasteiger charge is 2.04. The van der Waals surface area contributed by atoms with E-state index >= 15 is 0 Å². The van der Waals surface area contributed by atoms with Crippen LogP contribution in [0, 0.1) is 0 Å². The summed E-state index contributed by atoms with van der Waals surface area (Å²) in [5.74, 6) is 1.98. The molecule has 1 N–H and O–H groups in total. The normalized spacial score (nSPS) is 12.3. The van der Waals surface area contributed by atoms with Crippen molar-refractivity contribution in [2.75, 3.05) is 18.6 Å². The second-order valence-corrected chi connectivity index (χ2v) is 6.87. The molecule has 0 rings (SSSR count). The third-order valence-corrected chi connectivity index (χ3v) is 4.74. The van der Waals surface area contributed by atoms with E-state index in [0.717, 1.165) is 43.6 Å². The van der Waals surface area contributed by atoms with Crippen molar-refractivity contribution in [3.05, 3.63) is 0 Å². The van der Waals surface area contributed by atoms with Gasteiger partial charge in [0.15, 0.2) is 0 Å². The highest BCUT2D eigenvalue weighted by molar-refractivity contribution is 7.99. The quantitative estimate of drug-likeness (QED) is 0.355. The number of carbonyl (C=O) groups is 1. The molecule has 0 aromatic rings. The number of hydrogen-bond acceptors (Lipinski definition) is 4. The number of hydrogen-bond donors (Lipinski definition) is 1. The minimum absolute atomic E-state index is 0.116. The van der Waals surface area contributed by atoms with Crippen LogP contribution >= 0.6 is 11.8 Å². The van der Waals surface area contributed by atoms with Gasteiger partial charge in [-0.15, -0.1) is 0 Å². The Bertz CT molecular complexity index is 234. The predicted octanol–water partition coefficient (Wildman–Crippen LogP) is 4.56. The van der Waals surface area contributed by atoms with Crippen LogP contribution < -0.4 is 0 Å². The predicted molar refractivity (Wildman–Crippen MR) is 91.8 cm³/mol. The van der Waals surface area contributed by atoms with Gasteiger partial charge in [0, 0.05) is 6.42 Å². The molecular formula is C17H34O3S. The Morgan fingerprint density at radius 2 is 1.71 bits per heavy atom. The van der Waals surface area contributed by atoms with Crippen LogP contribution in [0.25, 0.3) is 0 Å². The minimum atomic E-state index is -0.126. The van der Waals surface area contributed by atoms with E-state index in [1.54, 1.807) is 0 Å². The van der Waals surface area contributed by atoms with Crippen molar-refractivity contribution in [2.45, 2.75) is 83.7 Å². The van der Waals surface area contributed by atoms with Crippen LogP contribution in [0.1, 0.15) is 77.6 Å². The summed E-state index contributed by atoms with van der Waals surface area (Å²) in [6.45, 7) is 2.23. The summed E-state index contributed by atoms with van der Waals surface area (Å²) < 4.78 is 4.60. The Morgan fingerprint density at radius 1 is 1.00 bits per heavy atom. The van der Waals surface area contributed by atoms with Crippen LogP contribution in [0.15, 0.2) is 0 Å². The van der Waals surface area contributed by atoms with E-state index in [1.807, 2.05) is 11.8 Å². The van der Waals surface area contributed by atoms with Crippen LogP contribution in [0.3, 0.4) is 0 Å². The molecule has 126 valence electrons. The van der Waals surface area contributed by atoms with Gasteiger partial charge in [-0.1, -0.05) is 45.4 Å². The van der Waals surface area contributed by atoms with E-state index in [-0.39, 0.29) is 12.1 Å². The Hall–Kier alpha value is -0.220. The maximum Gasteiger partial charge on any atom is 0.305 e. The van der Waals surface area contributed by atoms with E-state index in [0.29, 0.717) is 6.42 Å². The second-order valence-electron chi connectivity index (χ2n) is 5.64. The Labute approximate surface area is 135 Å². The maximum atomic E-state index is 10.9. The standard InChI is InChI=1S/C17H34O3S/c1-3-4-5-6-7-8-11-16(18)13-15-21-14-10-9-12-17(19)20-2/h16,18H,3-15H2,1-2H3. The van der Waals surface area contributed by atoms with Gasteiger partial charge in [-0.3, -0.25) is 4.79 Å². The maximum absolute atomic E-state index is 10.9. The van der Waals surface area contributed by atoms with Gasteiger partial charge in [0.25, 0.3) is 0 Å². The summed E-state index contributed by atoms with van der Waals surface area (Å²) in [7, 11) is 1.43. The lowest BCUT2D eigenvalue weighted by molar-refractivity contribution is -0.140. The summed E-state index contributed by atoms with van der Waals surface area (Å²) in [5, 5.41) is 9.88. The van der Waals surface area contributed by atoms with Crippen molar-refractivity contribution >= 4 is 17.7 Å². The van der Waals surface area contributed by atoms with Crippen molar-refractivity contribution < 1.29 is 14.6 Å². The fraction of sp³-hybridized carbons (Fsp3) is 0.941. The third kappa shape index (κ3) is 16.0. The number of aliphatic hydroxyl groups excluding tert-OH is 1. The average molecular weight is 319 g/mol.